The number of aromatic nitrogens is 1. The first-order valence-corrected chi connectivity index (χ1v) is 5.90. The summed E-state index contributed by atoms with van der Waals surface area (Å²) in [5.74, 6) is 0.100. The molecule has 0 amide bonds. The Morgan fingerprint density at radius 3 is 2.68 bits per heavy atom. The highest BCUT2D eigenvalue weighted by molar-refractivity contribution is 6.02. The van der Waals surface area contributed by atoms with Crippen molar-refractivity contribution in [3.05, 3.63) is 59.9 Å². The minimum atomic E-state index is 0.100. The van der Waals surface area contributed by atoms with Gasteiger partial charge in [-0.1, -0.05) is 23.4 Å². The summed E-state index contributed by atoms with van der Waals surface area (Å²) < 4.78 is 0. The molecule has 2 rings (SSSR count). The maximum atomic E-state index is 8.82. The lowest BCUT2D eigenvalue weighted by Gasteiger charge is -2.21. The van der Waals surface area contributed by atoms with Crippen LogP contribution in [0.25, 0.3) is 0 Å². The van der Waals surface area contributed by atoms with E-state index in [2.05, 4.69) is 10.1 Å². The van der Waals surface area contributed by atoms with Crippen LogP contribution in [0.5, 0.6) is 0 Å². The van der Waals surface area contributed by atoms with Gasteiger partial charge in [0.2, 0.25) is 0 Å². The molecule has 98 valence electrons. The maximum absolute atomic E-state index is 8.82. The quantitative estimate of drug-likeness (QED) is 0.378. The van der Waals surface area contributed by atoms with Gasteiger partial charge in [0.15, 0.2) is 5.84 Å². The van der Waals surface area contributed by atoms with E-state index >= 15 is 0 Å². The van der Waals surface area contributed by atoms with Crippen molar-refractivity contribution in [3.63, 3.8) is 0 Å². The number of anilines is 1. The van der Waals surface area contributed by atoms with Gasteiger partial charge < -0.3 is 15.8 Å². The smallest absolute Gasteiger partial charge is 0.172 e. The summed E-state index contributed by atoms with van der Waals surface area (Å²) in [6, 6.07) is 13.3. The molecule has 0 atom stereocenters. The third-order valence-electron chi connectivity index (χ3n) is 2.82. The molecule has 1 heterocycles. The van der Waals surface area contributed by atoms with Crippen LogP contribution >= 0.6 is 0 Å². The van der Waals surface area contributed by atoms with E-state index in [1.54, 1.807) is 6.20 Å². The number of rotatable bonds is 4. The van der Waals surface area contributed by atoms with Crippen molar-refractivity contribution in [1.82, 2.24) is 4.98 Å². The highest BCUT2D eigenvalue weighted by Crippen LogP contribution is 2.20. The van der Waals surface area contributed by atoms with Gasteiger partial charge in [0.1, 0.15) is 0 Å². The molecule has 1 aromatic heterocycles. The lowest BCUT2D eigenvalue weighted by Crippen LogP contribution is -2.22. The first-order chi connectivity index (χ1) is 9.22. The summed E-state index contributed by atoms with van der Waals surface area (Å²) in [6.07, 6.45) is 1.76. The first-order valence-electron chi connectivity index (χ1n) is 5.90. The standard InChI is InChI=1S/C14H16N4O/c1-18(10-11-6-4-5-9-16-11)13-8-3-2-7-12(13)14(15)17-19/h2-9,19H,10H2,1H3,(H2,15,17). The average molecular weight is 256 g/mol. The Labute approximate surface area is 112 Å². The van der Waals surface area contributed by atoms with E-state index in [1.165, 1.54) is 0 Å². The second-order valence-electron chi connectivity index (χ2n) is 4.18. The van der Waals surface area contributed by atoms with Crippen LogP contribution in [0.1, 0.15) is 11.3 Å². The highest BCUT2D eigenvalue weighted by Gasteiger charge is 2.10. The number of para-hydroxylation sites is 1. The van der Waals surface area contributed by atoms with Crippen LogP contribution in [0.2, 0.25) is 0 Å². The van der Waals surface area contributed by atoms with Crippen LogP contribution in [0.15, 0.2) is 53.8 Å². The number of amidine groups is 1. The second-order valence-corrected chi connectivity index (χ2v) is 4.18. The van der Waals surface area contributed by atoms with Crippen molar-refractivity contribution < 1.29 is 5.21 Å². The fraction of sp³-hybridized carbons (Fsp3) is 0.143. The zero-order valence-electron chi connectivity index (χ0n) is 10.7. The molecule has 2 aromatic rings. The van der Waals surface area contributed by atoms with Gasteiger partial charge >= 0.3 is 0 Å². The zero-order valence-corrected chi connectivity index (χ0v) is 10.7. The predicted molar refractivity (Wildman–Crippen MR) is 75.3 cm³/mol. The minimum absolute atomic E-state index is 0.100. The molecule has 19 heavy (non-hydrogen) atoms. The van der Waals surface area contributed by atoms with Crippen molar-refractivity contribution in [2.45, 2.75) is 6.54 Å². The van der Waals surface area contributed by atoms with Crippen molar-refractivity contribution in [2.75, 3.05) is 11.9 Å². The van der Waals surface area contributed by atoms with E-state index in [9.17, 15) is 0 Å². The van der Waals surface area contributed by atoms with E-state index in [0.29, 0.717) is 12.1 Å². The van der Waals surface area contributed by atoms with Crippen LogP contribution in [0.4, 0.5) is 5.69 Å². The molecule has 0 fully saturated rings. The molecule has 0 aliphatic rings. The van der Waals surface area contributed by atoms with E-state index in [1.807, 2.05) is 54.4 Å². The summed E-state index contributed by atoms with van der Waals surface area (Å²) in [5, 5.41) is 11.9. The van der Waals surface area contributed by atoms with Crippen LogP contribution in [0, 0.1) is 0 Å². The number of pyridine rings is 1. The molecule has 1 aromatic carbocycles. The van der Waals surface area contributed by atoms with Crippen LogP contribution in [0.3, 0.4) is 0 Å². The number of hydrogen-bond donors (Lipinski definition) is 2. The molecule has 0 saturated carbocycles. The summed E-state index contributed by atoms with van der Waals surface area (Å²) in [4.78, 5) is 6.30. The van der Waals surface area contributed by atoms with E-state index in [0.717, 1.165) is 11.4 Å². The Morgan fingerprint density at radius 1 is 1.26 bits per heavy atom. The maximum Gasteiger partial charge on any atom is 0.172 e. The molecule has 0 spiro atoms. The van der Waals surface area contributed by atoms with Gasteiger partial charge in [-0.3, -0.25) is 4.98 Å². The largest absolute Gasteiger partial charge is 0.409 e. The lowest BCUT2D eigenvalue weighted by atomic mass is 10.1. The fourth-order valence-electron chi connectivity index (χ4n) is 1.90. The van der Waals surface area contributed by atoms with Crippen LogP contribution < -0.4 is 10.6 Å². The molecule has 3 N–H and O–H groups in total. The van der Waals surface area contributed by atoms with Crippen LogP contribution in [-0.4, -0.2) is 23.1 Å². The third-order valence-corrected chi connectivity index (χ3v) is 2.82. The highest BCUT2D eigenvalue weighted by atomic mass is 16.4. The van der Waals surface area contributed by atoms with Crippen LogP contribution in [-0.2, 0) is 6.54 Å². The molecule has 0 aliphatic carbocycles. The summed E-state index contributed by atoms with van der Waals surface area (Å²) in [7, 11) is 1.94. The number of hydrogen-bond acceptors (Lipinski definition) is 4. The molecular weight excluding hydrogens is 240 g/mol. The fourth-order valence-corrected chi connectivity index (χ4v) is 1.90. The number of nitrogens with zero attached hydrogens (tertiary/aromatic N) is 3. The van der Waals surface area contributed by atoms with E-state index in [-0.39, 0.29) is 5.84 Å². The summed E-state index contributed by atoms with van der Waals surface area (Å²) in [6.45, 7) is 0.649. The van der Waals surface area contributed by atoms with Gasteiger partial charge in [-0.25, -0.2) is 0 Å². The molecule has 5 heteroatoms. The molecular formula is C14H16N4O. The molecule has 0 aliphatic heterocycles. The Morgan fingerprint density at radius 2 is 2.00 bits per heavy atom. The molecule has 5 nitrogen and oxygen atoms in total. The Bertz CT molecular complexity index is 569. The van der Waals surface area contributed by atoms with E-state index < -0.39 is 0 Å². The van der Waals surface area contributed by atoms with Gasteiger partial charge in [-0.2, -0.15) is 0 Å². The topological polar surface area (TPSA) is 74.7 Å². The predicted octanol–water partition coefficient (Wildman–Crippen LogP) is 1.81. The lowest BCUT2D eigenvalue weighted by molar-refractivity contribution is 0.318. The number of oxime groups is 1. The SMILES string of the molecule is CN(Cc1ccccn1)c1ccccc1/C(N)=N/O. The van der Waals surface area contributed by atoms with Crippen molar-refractivity contribution in [2.24, 2.45) is 10.9 Å². The Balaban J connectivity index is 2.27. The van der Waals surface area contributed by atoms with Crippen molar-refractivity contribution in [1.29, 1.82) is 0 Å². The summed E-state index contributed by atoms with van der Waals surface area (Å²) >= 11 is 0. The monoisotopic (exact) mass is 256 g/mol. The summed E-state index contributed by atoms with van der Waals surface area (Å²) in [5.41, 5.74) is 8.23. The third kappa shape index (κ3) is 3.01. The van der Waals surface area contributed by atoms with Crippen molar-refractivity contribution in [3.8, 4) is 0 Å². The van der Waals surface area contributed by atoms with Crippen molar-refractivity contribution >= 4 is 11.5 Å². The van der Waals surface area contributed by atoms with Gasteiger partial charge in [-0.05, 0) is 24.3 Å². The average Bonchev–Trinajstić information content (AvgIpc) is 2.47. The normalized spacial score (nSPS) is 11.3. The minimum Gasteiger partial charge on any atom is -0.409 e. The van der Waals surface area contributed by atoms with Gasteiger partial charge in [0, 0.05) is 24.5 Å². The van der Waals surface area contributed by atoms with E-state index in [4.69, 9.17) is 10.9 Å². The number of benzene rings is 1. The zero-order chi connectivity index (χ0) is 13.7. The van der Waals surface area contributed by atoms with Gasteiger partial charge in [0.25, 0.3) is 0 Å². The molecule has 0 radical (unpaired) electrons. The first kappa shape index (κ1) is 12.9. The Kier molecular flexibility index (Phi) is 3.97. The number of nitrogens with two attached hydrogens (primary N) is 1. The molecule has 0 bridgehead atoms. The van der Waals surface area contributed by atoms with Gasteiger partial charge in [0.05, 0.1) is 12.2 Å². The van der Waals surface area contributed by atoms with Gasteiger partial charge in [-0.15, -0.1) is 0 Å². The molecule has 0 unspecified atom stereocenters. The second kappa shape index (κ2) is 5.86. The Hall–Kier alpha value is -2.56. The molecule has 0 saturated heterocycles.